The fourth-order valence-corrected chi connectivity index (χ4v) is 4.68. The van der Waals surface area contributed by atoms with Crippen LogP contribution in [0.3, 0.4) is 0 Å². The van der Waals surface area contributed by atoms with Gasteiger partial charge in [0.1, 0.15) is 23.0 Å². The molecule has 0 aromatic carbocycles. The third-order valence-corrected chi connectivity index (χ3v) is 6.60. The van der Waals surface area contributed by atoms with Gasteiger partial charge in [-0.15, -0.1) is 11.3 Å². The molecule has 1 amide bonds. The quantitative estimate of drug-likeness (QED) is 0.697. The highest BCUT2D eigenvalue weighted by atomic mass is 32.1. The van der Waals surface area contributed by atoms with Crippen molar-refractivity contribution in [3.05, 3.63) is 46.9 Å². The average Bonchev–Trinajstić information content (AvgIpc) is 3.03. The van der Waals surface area contributed by atoms with Crippen LogP contribution in [0.4, 0.5) is 5.82 Å². The smallest absolute Gasteiger partial charge is 0.244 e. The van der Waals surface area contributed by atoms with Gasteiger partial charge in [0.15, 0.2) is 0 Å². The van der Waals surface area contributed by atoms with E-state index in [4.69, 9.17) is 0 Å². The van der Waals surface area contributed by atoms with E-state index in [9.17, 15) is 4.79 Å². The first kappa shape index (κ1) is 19.7. The molecular weight excluding hydrogens is 384 g/mol. The zero-order valence-corrected chi connectivity index (χ0v) is 17.9. The van der Waals surface area contributed by atoms with Crippen molar-refractivity contribution in [2.24, 2.45) is 0 Å². The van der Waals surface area contributed by atoms with Gasteiger partial charge >= 0.3 is 0 Å². The number of nitrogens with zero attached hydrogens (tertiary/aromatic N) is 5. The summed E-state index contributed by atoms with van der Waals surface area (Å²) in [7, 11) is 0. The van der Waals surface area contributed by atoms with Crippen LogP contribution in [0.5, 0.6) is 0 Å². The Morgan fingerprint density at radius 1 is 1.17 bits per heavy atom. The third kappa shape index (κ3) is 4.23. The Morgan fingerprint density at radius 3 is 2.69 bits per heavy atom. The minimum atomic E-state index is -0.338. The molecule has 3 aromatic heterocycles. The fourth-order valence-electron chi connectivity index (χ4n) is 3.68. The second kappa shape index (κ2) is 8.42. The van der Waals surface area contributed by atoms with Gasteiger partial charge in [0.2, 0.25) is 5.91 Å². The number of piperazine rings is 1. The molecule has 1 atom stereocenters. The largest absolute Gasteiger partial charge is 0.358 e. The highest BCUT2D eigenvalue weighted by Gasteiger charge is 2.26. The zero-order chi connectivity index (χ0) is 20.4. The van der Waals surface area contributed by atoms with E-state index in [2.05, 4.69) is 39.0 Å². The van der Waals surface area contributed by atoms with Gasteiger partial charge in [-0.1, -0.05) is 6.07 Å². The maximum Gasteiger partial charge on any atom is 0.244 e. The molecule has 4 rings (SSSR count). The van der Waals surface area contributed by atoms with Crippen LogP contribution in [-0.2, 0) is 11.3 Å². The molecule has 0 saturated carbocycles. The van der Waals surface area contributed by atoms with Crippen LogP contribution in [0.2, 0.25) is 0 Å². The van der Waals surface area contributed by atoms with Crippen LogP contribution in [0, 0.1) is 13.8 Å². The number of hydrogen-bond donors (Lipinski definition) is 1. The highest BCUT2D eigenvalue weighted by molar-refractivity contribution is 7.18. The molecule has 8 heteroatoms. The highest BCUT2D eigenvalue weighted by Crippen LogP contribution is 2.32. The average molecular weight is 411 g/mol. The molecule has 152 valence electrons. The van der Waals surface area contributed by atoms with E-state index in [1.54, 1.807) is 17.7 Å². The van der Waals surface area contributed by atoms with Gasteiger partial charge in [0.25, 0.3) is 0 Å². The second-order valence-corrected chi connectivity index (χ2v) is 8.68. The van der Waals surface area contributed by atoms with Crippen molar-refractivity contribution in [3.63, 3.8) is 0 Å². The molecule has 1 aliphatic heterocycles. The molecule has 0 bridgehead atoms. The third-order valence-electron chi connectivity index (χ3n) is 5.48. The van der Waals surface area contributed by atoms with Crippen LogP contribution < -0.4 is 5.32 Å². The van der Waals surface area contributed by atoms with Crippen LogP contribution in [-0.4, -0.2) is 62.9 Å². The number of amides is 1. The summed E-state index contributed by atoms with van der Waals surface area (Å²) < 4.78 is 0. The maximum atomic E-state index is 13.0. The summed E-state index contributed by atoms with van der Waals surface area (Å²) >= 11 is 1.66. The molecule has 29 heavy (non-hydrogen) atoms. The molecule has 1 saturated heterocycles. The van der Waals surface area contributed by atoms with E-state index in [-0.39, 0.29) is 11.9 Å². The number of aromatic nitrogens is 3. The topological polar surface area (TPSA) is 74.2 Å². The number of thiophene rings is 1. The zero-order valence-electron chi connectivity index (χ0n) is 17.1. The summed E-state index contributed by atoms with van der Waals surface area (Å²) in [6.07, 6.45) is 3.39. The first-order valence-electron chi connectivity index (χ1n) is 9.91. The van der Waals surface area contributed by atoms with Crippen molar-refractivity contribution in [2.75, 3.05) is 31.5 Å². The van der Waals surface area contributed by atoms with E-state index in [1.807, 2.05) is 36.2 Å². The first-order valence-corrected chi connectivity index (χ1v) is 10.7. The SMILES string of the molecule is Cc1sc2ncnc(N[C@H](C)C(=O)N3CCN(Cc4ccccn4)CC3)c2c1C. The van der Waals surface area contributed by atoms with Gasteiger partial charge < -0.3 is 10.2 Å². The number of aryl methyl sites for hydroxylation is 2. The van der Waals surface area contributed by atoms with Gasteiger partial charge in [-0.2, -0.15) is 0 Å². The second-order valence-electron chi connectivity index (χ2n) is 7.47. The summed E-state index contributed by atoms with van der Waals surface area (Å²) in [4.78, 5) is 32.6. The van der Waals surface area contributed by atoms with Gasteiger partial charge in [0.05, 0.1) is 11.1 Å². The molecule has 0 radical (unpaired) electrons. The molecule has 0 spiro atoms. The first-order chi connectivity index (χ1) is 14.0. The van der Waals surface area contributed by atoms with Crippen LogP contribution in [0.1, 0.15) is 23.1 Å². The van der Waals surface area contributed by atoms with Crippen molar-refractivity contribution in [3.8, 4) is 0 Å². The van der Waals surface area contributed by atoms with Crippen molar-refractivity contribution < 1.29 is 4.79 Å². The van der Waals surface area contributed by atoms with Gasteiger partial charge in [0, 0.05) is 43.8 Å². The number of fused-ring (bicyclic) bond motifs is 1. The Morgan fingerprint density at radius 2 is 1.97 bits per heavy atom. The maximum absolute atomic E-state index is 13.0. The Balaban J connectivity index is 1.37. The molecule has 4 heterocycles. The Labute approximate surface area is 174 Å². The number of carbonyl (C=O) groups is 1. The summed E-state index contributed by atoms with van der Waals surface area (Å²) in [5.74, 6) is 0.852. The Kier molecular flexibility index (Phi) is 5.73. The number of rotatable bonds is 5. The Bertz CT molecular complexity index is 997. The predicted octanol–water partition coefficient (Wildman–Crippen LogP) is 2.85. The van der Waals surface area contributed by atoms with Crippen molar-refractivity contribution in [2.45, 2.75) is 33.4 Å². The number of anilines is 1. The van der Waals surface area contributed by atoms with Gasteiger partial charge in [-0.25, -0.2) is 9.97 Å². The molecule has 0 aliphatic carbocycles. The number of carbonyl (C=O) groups excluding carboxylic acids is 1. The van der Waals surface area contributed by atoms with Crippen molar-refractivity contribution in [1.29, 1.82) is 0 Å². The molecule has 0 unspecified atom stereocenters. The minimum absolute atomic E-state index is 0.110. The lowest BCUT2D eigenvalue weighted by molar-refractivity contribution is -0.133. The lowest BCUT2D eigenvalue weighted by atomic mass is 10.2. The number of pyridine rings is 1. The van der Waals surface area contributed by atoms with Crippen LogP contribution in [0.25, 0.3) is 10.2 Å². The van der Waals surface area contributed by atoms with Crippen LogP contribution in [0.15, 0.2) is 30.7 Å². The van der Waals surface area contributed by atoms with E-state index >= 15 is 0 Å². The Hall–Kier alpha value is -2.58. The summed E-state index contributed by atoms with van der Waals surface area (Å²) in [6, 6.07) is 5.64. The normalized spacial score (nSPS) is 16.2. The van der Waals surface area contributed by atoms with E-state index in [0.717, 1.165) is 54.5 Å². The lowest BCUT2D eigenvalue weighted by Crippen LogP contribution is -2.52. The van der Waals surface area contributed by atoms with E-state index < -0.39 is 0 Å². The standard InChI is InChI=1S/C21H26N6OS/c1-14-16(3)29-20-18(14)19(23-13-24-20)25-15(2)21(28)27-10-8-26(9-11-27)12-17-6-4-5-7-22-17/h4-7,13,15H,8-12H2,1-3H3,(H,23,24,25)/t15-/m1/s1. The molecule has 3 aromatic rings. The van der Waals surface area contributed by atoms with Crippen molar-refractivity contribution in [1.82, 2.24) is 24.8 Å². The monoisotopic (exact) mass is 410 g/mol. The predicted molar refractivity (Wildman–Crippen MR) is 116 cm³/mol. The lowest BCUT2D eigenvalue weighted by Gasteiger charge is -2.36. The van der Waals surface area contributed by atoms with E-state index in [0.29, 0.717) is 0 Å². The fraction of sp³-hybridized carbons (Fsp3) is 0.429. The minimum Gasteiger partial charge on any atom is -0.358 e. The molecule has 7 nitrogen and oxygen atoms in total. The molecule has 1 N–H and O–H groups in total. The molecule has 1 aliphatic rings. The summed E-state index contributed by atoms with van der Waals surface area (Å²) in [6.45, 7) is 10.1. The van der Waals surface area contributed by atoms with Crippen LogP contribution >= 0.6 is 11.3 Å². The summed E-state index contributed by atoms with van der Waals surface area (Å²) in [5.41, 5.74) is 2.24. The summed E-state index contributed by atoms with van der Waals surface area (Å²) in [5, 5.41) is 4.35. The molecule has 1 fully saturated rings. The van der Waals surface area contributed by atoms with E-state index in [1.165, 1.54) is 10.4 Å². The van der Waals surface area contributed by atoms with Crippen molar-refractivity contribution >= 4 is 33.3 Å². The van der Waals surface area contributed by atoms with Gasteiger partial charge in [-0.3, -0.25) is 14.7 Å². The number of hydrogen-bond acceptors (Lipinski definition) is 7. The number of nitrogens with one attached hydrogen (secondary N) is 1. The molecular formula is C21H26N6OS. The van der Waals surface area contributed by atoms with Gasteiger partial charge in [-0.05, 0) is 38.5 Å².